The first-order valence-electron chi connectivity index (χ1n) is 18.4. The zero-order valence-corrected chi connectivity index (χ0v) is 30.0. The molecule has 14 unspecified atom stereocenters. The van der Waals surface area contributed by atoms with Crippen LogP contribution in [0.5, 0.6) is 0 Å². The van der Waals surface area contributed by atoms with Crippen LogP contribution in [0.1, 0.15) is 113 Å². The van der Waals surface area contributed by atoms with Crippen LogP contribution >= 0.6 is 0 Å². The molecule has 0 amide bonds. The molecule has 10 heteroatoms. The lowest BCUT2D eigenvalue weighted by Gasteiger charge is -2.71. The number of aliphatic hydroxyl groups excluding tert-OH is 3. The lowest BCUT2D eigenvalue weighted by atomic mass is 9.33. The van der Waals surface area contributed by atoms with Crippen molar-refractivity contribution in [2.24, 2.45) is 50.2 Å². The first-order chi connectivity index (χ1) is 22.3. The van der Waals surface area contributed by atoms with E-state index in [2.05, 4.69) is 40.7 Å². The van der Waals surface area contributed by atoms with Crippen LogP contribution in [-0.4, -0.2) is 87.5 Å². The molecular formula is C38H60O10. The number of allylic oxidation sites excluding steroid dienone is 2. The first-order valence-corrected chi connectivity index (χ1v) is 18.4. The fraction of sp³-hybridized carbons (Fsp3) is 0.895. The number of aliphatic hydroxyl groups is 3. The second-order valence-corrected chi connectivity index (χ2v) is 18.2. The van der Waals surface area contributed by atoms with E-state index in [1.807, 2.05) is 6.92 Å². The molecule has 6 aliphatic rings. The van der Waals surface area contributed by atoms with Crippen molar-refractivity contribution in [1.29, 1.82) is 0 Å². The molecule has 5 N–H and O–H groups in total. The van der Waals surface area contributed by atoms with E-state index in [0.717, 1.165) is 51.4 Å². The lowest BCUT2D eigenvalue weighted by molar-refractivity contribution is -0.330. The Kier molecular flexibility index (Phi) is 9.07. The van der Waals surface area contributed by atoms with Gasteiger partial charge in [-0.25, -0.2) is 4.79 Å². The molecule has 0 radical (unpaired) electrons. The van der Waals surface area contributed by atoms with Crippen molar-refractivity contribution in [3.63, 3.8) is 0 Å². The Morgan fingerprint density at radius 2 is 1.60 bits per heavy atom. The Labute approximate surface area is 285 Å². The Morgan fingerprint density at radius 3 is 2.23 bits per heavy atom. The van der Waals surface area contributed by atoms with Gasteiger partial charge in [-0.3, -0.25) is 4.79 Å². The zero-order valence-electron chi connectivity index (χ0n) is 30.0. The Hall–Kier alpha value is -1.56. The summed E-state index contributed by atoms with van der Waals surface area (Å²) >= 11 is 0. The normalized spacial score (nSPS) is 51.4. The van der Waals surface area contributed by atoms with Gasteiger partial charge in [0.1, 0.15) is 18.3 Å². The van der Waals surface area contributed by atoms with Crippen LogP contribution in [-0.2, 0) is 23.8 Å². The molecule has 272 valence electrons. The number of hydrogen-bond acceptors (Lipinski definition) is 8. The Bertz CT molecular complexity index is 1310. The van der Waals surface area contributed by atoms with Gasteiger partial charge in [0, 0.05) is 12.0 Å². The minimum absolute atomic E-state index is 0.0434. The zero-order chi connectivity index (χ0) is 35.2. The molecule has 10 nitrogen and oxygen atoms in total. The van der Waals surface area contributed by atoms with Gasteiger partial charge in [-0.2, -0.15) is 0 Å². The minimum atomic E-state index is -1.51. The molecule has 0 spiro atoms. The monoisotopic (exact) mass is 676 g/mol. The van der Waals surface area contributed by atoms with Crippen LogP contribution in [0.3, 0.4) is 0 Å². The van der Waals surface area contributed by atoms with E-state index in [0.29, 0.717) is 18.8 Å². The van der Waals surface area contributed by atoms with Crippen molar-refractivity contribution in [1.82, 2.24) is 0 Å². The van der Waals surface area contributed by atoms with Crippen molar-refractivity contribution >= 4 is 11.9 Å². The van der Waals surface area contributed by atoms with E-state index < -0.39 is 59.6 Å². The van der Waals surface area contributed by atoms with Gasteiger partial charge >= 0.3 is 11.9 Å². The summed E-state index contributed by atoms with van der Waals surface area (Å²) in [6.07, 6.45) is 3.00. The number of carboxylic acid groups (broad SMARTS) is 2. The van der Waals surface area contributed by atoms with E-state index in [-0.39, 0.29) is 46.7 Å². The number of ether oxygens (including phenoxy) is 3. The summed E-state index contributed by atoms with van der Waals surface area (Å²) in [4.78, 5) is 25.0. The largest absolute Gasteiger partial charge is 0.481 e. The molecule has 0 aromatic heterocycles. The van der Waals surface area contributed by atoms with Crippen molar-refractivity contribution in [3.8, 4) is 0 Å². The number of carbonyl (C=O) groups is 2. The summed E-state index contributed by atoms with van der Waals surface area (Å²) in [5, 5.41) is 53.5. The van der Waals surface area contributed by atoms with Crippen LogP contribution in [0.4, 0.5) is 0 Å². The number of aliphatic carboxylic acids is 2. The van der Waals surface area contributed by atoms with Gasteiger partial charge < -0.3 is 39.7 Å². The highest BCUT2D eigenvalue weighted by Gasteiger charge is 2.70. The predicted molar refractivity (Wildman–Crippen MR) is 177 cm³/mol. The number of fused-ring (bicyclic) bond motifs is 7. The minimum Gasteiger partial charge on any atom is -0.481 e. The first kappa shape index (κ1) is 36.2. The lowest BCUT2D eigenvalue weighted by Crippen LogP contribution is -2.67. The summed E-state index contributed by atoms with van der Waals surface area (Å²) in [6.45, 7) is 15.6. The molecule has 0 aromatic rings. The molecule has 5 aliphatic carbocycles. The van der Waals surface area contributed by atoms with Crippen LogP contribution < -0.4 is 0 Å². The highest BCUT2D eigenvalue weighted by atomic mass is 16.7. The summed E-state index contributed by atoms with van der Waals surface area (Å²) in [7, 11) is 0. The quantitative estimate of drug-likeness (QED) is 0.180. The van der Waals surface area contributed by atoms with Gasteiger partial charge in [-0.15, -0.1) is 0 Å². The van der Waals surface area contributed by atoms with Gasteiger partial charge in [0.2, 0.25) is 0 Å². The van der Waals surface area contributed by atoms with Crippen molar-refractivity contribution in [2.45, 2.75) is 149 Å². The highest BCUT2D eigenvalue weighted by Crippen LogP contribution is 2.76. The summed E-state index contributed by atoms with van der Waals surface area (Å²) in [5.41, 5.74) is -0.216. The average Bonchev–Trinajstić information content (AvgIpc) is 3.01. The molecule has 6 rings (SSSR count). The number of rotatable bonds is 7. The third-order valence-corrected chi connectivity index (χ3v) is 15.6. The van der Waals surface area contributed by atoms with E-state index >= 15 is 0 Å². The standard InChI is InChI=1S/C38H60O10/c1-8-46-28-26(40)27(41)31(48-29(28)30(42)43)47-25-12-13-34(4)23(35(25,5)20-39)11-14-37(7)24(34)10-9-21-22-19-33(2,3)15-17-38(22,32(44)45)18-16-36(21,37)6/h9,22-29,31,39-41H,8,10-20H2,1-7H3,(H,42,43)(H,44,45). The molecule has 14 atom stereocenters. The maximum absolute atomic E-state index is 13.0. The molecule has 0 bridgehead atoms. The second kappa shape index (κ2) is 12.0. The van der Waals surface area contributed by atoms with Gasteiger partial charge in [0.25, 0.3) is 0 Å². The highest BCUT2D eigenvalue weighted by molar-refractivity contribution is 5.76. The molecule has 1 aliphatic heterocycles. The maximum atomic E-state index is 13.0. The SMILES string of the molecule is CCOC1C(C(=O)O)OC(OC2CCC3(C)C(CCC4(C)C3CC=C3C5CC(C)(C)CCC5(C(=O)O)CCC34C)C2(C)CO)C(O)C1O. The predicted octanol–water partition coefficient (Wildman–Crippen LogP) is 5.17. The smallest absolute Gasteiger partial charge is 0.335 e. The van der Waals surface area contributed by atoms with Crippen LogP contribution in [0.2, 0.25) is 0 Å². The van der Waals surface area contributed by atoms with E-state index in [4.69, 9.17) is 14.2 Å². The van der Waals surface area contributed by atoms with E-state index in [1.54, 1.807) is 6.92 Å². The van der Waals surface area contributed by atoms with Crippen molar-refractivity contribution in [3.05, 3.63) is 11.6 Å². The van der Waals surface area contributed by atoms with Gasteiger partial charge in [0.15, 0.2) is 12.4 Å². The van der Waals surface area contributed by atoms with E-state index in [1.165, 1.54) is 5.57 Å². The van der Waals surface area contributed by atoms with Crippen LogP contribution in [0.25, 0.3) is 0 Å². The summed E-state index contributed by atoms with van der Waals surface area (Å²) in [5.74, 6) is -1.49. The van der Waals surface area contributed by atoms with Gasteiger partial charge in [0.05, 0.1) is 18.1 Å². The maximum Gasteiger partial charge on any atom is 0.335 e. The fourth-order valence-corrected chi connectivity index (χ4v) is 12.5. The number of hydrogen-bond donors (Lipinski definition) is 5. The molecule has 1 heterocycles. The third kappa shape index (κ3) is 5.01. The summed E-state index contributed by atoms with van der Waals surface area (Å²) in [6, 6.07) is 0. The van der Waals surface area contributed by atoms with Gasteiger partial charge in [-0.1, -0.05) is 53.2 Å². The Morgan fingerprint density at radius 1 is 0.917 bits per heavy atom. The summed E-state index contributed by atoms with van der Waals surface area (Å²) < 4.78 is 17.6. The molecule has 4 saturated carbocycles. The molecule has 0 aromatic carbocycles. The average molecular weight is 677 g/mol. The molecule has 1 saturated heterocycles. The van der Waals surface area contributed by atoms with E-state index in [9.17, 15) is 35.1 Å². The molecular weight excluding hydrogens is 616 g/mol. The van der Waals surface area contributed by atoms with Crippen molar-refractivity contribution < 1.29 is 49.3 Å². The van der Waals surface area contributed by atoms with Gasteiger partial charge in [-0.05, 0) is 111 Å². The second-order valence-electron chi connectivity index (χ2n) is 18.2. The van der Waals surface area contributed by atoms with Crippen LogP contribution in [0, 0.1) is 50.2 Å². The number of carboxylic acids is 2. The Balaban J connectivity index is 1.29. The van der Waals surface area contributed by atoms with Crippen LogP contribution in [0.15, 0.2) is 11.6 Å². The third-order valence-electron chi connectivity index (χ3n) is 15.6. The molecule has 48 heavy (non-hydrogen) atoms. The molecule has 5 fully saturated rings. The van der Waals surface area contributed by atoms with Crippen molar-refractivity contribution in [2.75, 3.05) is 13.2 Å². The fourth-order valence-electron chi connectivity index (χ4n) is 12.5. The topological polar surface area (TPSA) is 163 Å².